The number of carbonyl (C=O) groups is 1. The molecule has 0 spiro atoms. The number of rotatable bonds is 6. The van der Waals surface area contributed by atoms with Crippen LogP contribution in [0.1, 0.15) is 42.6 Å². The molecule has 0 aliphatic rings. The van der Waals surface area contributed by atoms with E-state index in [0.29, 0.717) is 5.92 Å². The van der Waals surface area contributed by atoms with Gasteiger partial charge in [0.15, 0.2) is 0 Å². The number of ether oxygens (including phenoxy) is 1. The zero-order valence-electron chi connectivity index (χ0n) is 16.0. The summed E-state index contributed by atoms with van der Waals surface area (Å²) in [6.45, 7) is 6.11. The molecule has 0 amide bonds. The molecule has 0 bridgehead atoms. The minimum absolute atomic E-state index is 0.117. The average Bonchev–Trinajstić information content (AvgIpc) is 3.13. The molecule has 3 rings (SSSR count). The molecule has 1 aromatic heterocycles. The molecule has 0 saturated carbocycles. The van der Waals surface area contributed by atoms with Gasteiger partial charge in [-0.15, -0.1) is 0 Å². The summed E-state index contributed by atoms with van der Waals surface area (Å²) >= 11 is 0. The van der Waals surface area contributed by atoms with Crippen molar-refractivity contribution in [2.75, 3.05) is 6.61 Å². The molecule has 144 valence electrons. The summed E-state index contributed by atoms with van der Waals surface area (Å²) in [6, 6.07) is 14.0. The number of aromatic nitrogens is 2. The molecule has 0 atom stereocenters. The van der Waals surface area contributed by atoms with Crippen molar-refractivity contribution in [2.45, 2.75) is 26.7 Å². The molecule has 0 unspecified atom stereocenters. The third-order valence-corrected chi connectivity index (χ3v) is 4.39. The van der Waals surface area contributed by atoms with Gasteiger partial charge in [0.2, 0.25) is 0 Å². The van der Waals surface area contributed by atoms with Gasteiger partial charge in [-0.25, -0.2) is 9.48 Å². The Morgan fingerprint density at radius 3 is 2.46 bits per heavy atom. The van der Waals surface area contributed by atoms with E-state index < -0.39 is 10.9 Å². The lowest BCUT2D eigenvalue weighted by molar-refractivity contribution is -0.384. The van der Waals surface area contributed by atoms with Crippen molar-refractivity contribution >= 4 is 11.7 Å². The van der Waals surface area contributed by atoms with Gasteiger partial charge in [-0.1, -0.05) is 38.1 Å². The first-order chi connectivity index (χ1) is 13.4. The highest BCUT2D eigenvalue weighted by Gasteiger charge is 2.25. The van der Waals surface area contributed by atoms with Gasteiger partial charge in [0.25, 0.3) is 5.69 Å². The number of nitrogens with zero attached hydrogens (tertiary/aromatic N) is 3. The van der Waals surface area contributed by atoms with E-state index in [-0.39, 0.29) is 29.1 Å². The van der Waals surface area contributed by atoms with Crippen LogP contribution in [0.4, 0.5) is 5.69 Å². The quantitative estimate of drug-likeness (QED) is 0.350. The minimum Gasteiger partial charge on any atom is -0.462 e. The van der Waals surface area contributed by atoms with E-state index in [0.717, 1.165) is 5.69 Å². The Kier molecular flexibility index (Phi) is 5.54. The summed E-state index contributed by atoms with van der Waals surface area (Å²) in [5, 5.41) is 15.9. The Morgan fingerprint density at radius 2 is 1.86 bits per heavy atom. The van der Waals surface area contributed by atoms with Crippen molar-refractivity contribution in [1.29, 1.82) is 0 Å². The van der Waals surface area contributed by atoms with Crippen LogP contribution in [-0.4, -0.2) is 27.3 Å². The standard InChI is InChI=1S/C21H21N3O4/c1-4-28-21(25)18-13-23(16-11-9-15(10-12-16)14(2)3)22-20(18)17-7-5-6-8-19(17)24(26)27/h5-14H,4H2,1-3H3. The van der Waals surface area contributed by atoms with Gasteiger partial charge in [-0.3, -0.25) is 10.1 Å². The van der Waals surface area contributed by atoms with E-state index in [4.69, 9.17) is 4.74 Å². The minimum atomic E-state index is -0.569. The smallest absolute Gasteiger partial charge is 0.342 e. The van der Waals surface area contributed by atoms with Crippen LogP contribution < -0.4 is 0 Å². The van der Waals surface area contributed by atoms with E-state index in [2.05, 4.69) is 18.9 Å². The molecule has 1 heterocycles. The molecule has 0 fully saturated rings. The highest BCUT2D eigenvalue weighted by atomic mass is 16.6. The van der Waals surface area contributed by atoms with E-state index in [1.54, 1.807) is 36.0 Å². The van der Waals surface area contributed by atoms with Gasteiger partial charge in [0, 0.05) is 12.3 Å². The SMILES string of the molecule is CCOC(=O)c1cn(-c2ccc(C(C)C)cc2)nc1-c1ccccc1[N+](=O)[O-]. The topological polar surface area (TPSA) is 87.3 Å². The highest BCUT2D eigenvalue weighted by Crippen LogP contribution is 2.32. The second-order valence-electron chi connectivity index (χ2n) is 6.58. The Bertz CT molecular complexity index is 1010. The predicted molar refractivity (Wildman–Crippen MR) is 106 cm³/mol. The lowest BCUT2D eigenvalue weighted by atomic mass is 10.0. The summed E-state index contributed by atoms with van der Waals surface area (Å²) in [7, 11) is 0. The summed E-state index contributed by atoms with van der Waals surface area (Å²) < 4.78 is 6.67. The van der Waals surface area contributed by atoms with Crippen LogP contribution in [0.25, 0.3) is 16.9 Å². The van der Waals surface area contributed by atoms with Gasteiger partial charge in [-0.05, 0) is 36.6 Å². The molecular formula is C21H21N3O4. The maximum Gasteiger partial charge on any atom is 0.342 e. The number of para-hydroxylation sites is 1. The molecule has 0 aliphatic heterocycles. The molecule has 0 N–H and O–H groups in total. The summed E-state index contributed by atoms with van der Waals surface area (Å²) in [5.74, 6) is -0.176. The van der Waals surface area contributed by atoms with Crippen LogP contribution in [0.2, 0.25) is 0 Å². The van der Waals surface area contributed by atoms with E-state index in [1.165, 1.54) is 11.6 Å². The number of esters is 1. The highest BCUT2D eigenvalue weighted by molar-refractivity contribution is 5.97. The van der Waals surface area contributed by atoms with Gasteiger partial charge in [0.05, 0.1) is 22.8 Å². The van der Waals surface area contributed by atoms with Crippen molar-refractivity contribution in [1.82, 2.24) is 9.78 Å². The number of hydrogen-bond donors (Lipinski definition) is 0. The van der Waals surface area contributed by atoms with Gasteiger partial charge >= 0.3 is 5.97 Å². The Morgan fingerprint density at radius 1 is 1.18 bits per heavy atom. The molecule has 7 nitrogen and oxygen atoms in total. The van der Waals surface area contributed by atoms with Crippen LogP contribution in [0.5, 0.6) is 0 Å². The maximum atomic E-state index is 12.5. The van der Waals surface area contributed by atoms with Crippen LogP contribution in [0, 0.1) is 10.1 Å². The number of nitro groups is 1. The summed E-state index contributed by atoms with van der Waals surface area (Å²) in [4.78, 5) is 23.4. The third kappa shape index (κ3) is 3.78. The van der Waals surface area contributed by atoms with Crippen molar-refractivity contribution < 1.29 is 14.5 Å². The molecule has 0 aliphatic carbocycles. The molecule has 7 heteroatoms. The average molecular weight is 379 g/mol. The van der Waals surface area contributed by atoms with Crippen LogP contribution in [0.3, 0.4) is 0 Å². The first-order valence-corrected chi connectivity index (χ1v) is 9.03. The maximum absolute atomic E-state index is 12.5. The fourth-order valence-corrected chi connectivity index (χ4v) is 2.91. The zero-order chi connectivity index (χ0) is 20.3. The fraction of sp³-hybridized carbons (Fsp3) is 0.238. The van der Waals surface area contributed by atoms with Gasteiger partial charge in [0.1, 0.15) is 11.3 Å². The van der Waals surface area contributed by atoms with Crippen molar-refractivity contribution in [3.63, 3.8) is 0 Å². The van der Waals surface area contributed by atoms with Crippen molar-refractivity contribution in [2.24, 2.45) is 0 Å². The molecule has 0 radical (unpaired) electrons. The Hall–Kier alpha value is -3.48. The largest absolute Gasteiger partial charge is 0.462 e. The van der Waals surface area contributed by atoms with Gasteiger partial charge in [-0.2, -0.15) is 5.10 Å². The second kappa shape index (κ2) is 8.04. The molecule has 0 saturated heterocycles. The van der Waals surface area contributed by atoms with Crippen molar-refractivity contribution in [3.05, 3.63) is 76.0 Å². The molecule has 28 heavy (non-hydrogen) atoms. The number of carbonyl (C=O) groups excluding carboxylic acids is 1. The van der Waals surface area contributed by atoms with E-state index in [1.807, 2.05) is 24.3 Å². The number of nitro benzene ring substituents is 1. The Balaban J connectivity index is 2.14. The third-order valence-electron chi connectivity index (χ3n) is 4.39. The first kappa shape index (κ1) is 19.3. The van der Waals surface area contributed by atoms with E-state index >= 15 is 0 Å². The van der Waals surface area contributed by atoms with Crippen LogP contribution in [-0.2, 0) is 4.74 Å². The van der Waals surface area contributed by atoms with E-state index in [9.17, 15) is 14.9 Å². The first-order valence-electron chi connectivity index (χ1n) is 9.03. The number of hydrogen-bond acceptors (Lipinski definition) is 5. The van der Waals surface area contributed by atoms with Gasteiger partial charge < -0.3 is 4.74 Å². The fourth-order valence-electron chi connectivity index (χ4n) is 2.91. The van der Waals surface area contributed by atoms with Crippen molar-refractivity contribution in [3.8, 4) is 16.9 Å². The monoisotopic (exact) mass is 379 g/mol. The lowest BCUT2D eigenvalue weighted by Crippen LogP contribution is -2.05. The lowest BCUT2D eigenvalue weighted by Gasteiger charge is -2.06. The molecule has 2 aromatic carbocycles. The Labute approximate surface area is 162 Å². The molecule has 3 aromatic rings. The second-order valence-corrected chi connectivity index (χ2v) is 6.58. The van der Waals surface area contributed by atoms with Crippen LogP contribution >= 0.6 is 0 Å². The number of benzene rings is 2. The summed E-state index contributed by atoms with van der Waals surface area (Å²) in [5.41, 5.74) is 2.49. The summed E-state index contributed by atoms with van der Waals surface area (Å²) in [6.07, 6.45) is 1.55. The normalized spacial score (nSPS) is 10.9. The zero-order valence-corrected chi connectivity index (χ0v) is 16.0. The molecular weight excluding hydrogens is 358 g/mol. The predicted octanol–water partition coefficient (Wildman–Crippen LogP) is 4.75. The van der Waals surface area contributed by atoms with Crippen LogP contribution in [0.15, 0.2) is 54.7 Å².